The Kier molecular flexibility index (Phi) is 4.65. The molecule has 3 aromatic rings. The van der Waals surface area contributed by atoms with Crippen molar-refractivity contribution in [1.29, 1.82) is 0 Å². The quantitative estimate of drug-likeness (QED) is 0.614. The minimum atomic E-state index is -0.606. The molecule has 0 aliphatic heterocycles. The number of H-pyrrole nitrogens is 1. The highest BCUT2D eigenvalue weighted by Gasteiger charge is 2.16. The predicted octanol–water partition coefficient (Wildman–Crippen LogP) is 5.28. The predicted molar refractivity (Wildman–Crippen MR) is 94.2 cm³/mol. The van der Waals surface area contributed by atoms with Crippen LogP contribution in [0.4, 0.5) is 0 Å². The second-order valence-electron chi connectivity index (χ2n) is 5.19. The van der Waals surface area contributed by atoms with Gasteiger partial charge in [0.1, 0.15) is 0 Å². The van der Waals surface area contributed by atoms with E-state index in [1.54, 1.807) is 0 Å². The van der Waals surface area contributed by atoms with Crippen LogP contribution in [0.1, 0.15) is 5.56 Å². The molecule has 0 amide bonds. The Balaban J connectivity index is 2.19. The Morgan fingerprint density at radius 1 is 1.00 bits per heavy atom. The van der Waals surface area contributed by atoms with E-state index >= 15 is 0 Å². The normalized spacial score (nSPS) is 12.7. The number of aliphatic hydroxyl groups excluding tert-OH is 1. The Morgan fingerprint density at radius 2 is 1.68 bits per heavy atom. The van der Waals surface area contributed by atoms with Crippen molar-refractivity contribution in [3.8, 4) is 11.3 Å². The molecule has 0 spiro atoms. The van der Waals surface area contributed by atoms with Crippen LogP contribution in [-0.2, 0) is 6.42 Å². The number of aromatic amines is 1. The van der Waals surface area contributed by atoms with Crippen molar-refractivity contribution in [2.45, 2.75) is 12.5 Å². The zero-order chi connectivity index (χ0) is 15.7. The molecule has 2 nitrogen and oxygen atoms in total. The first-order chi connectivity index (χ1) is 10.6. The van der Waals surface area contributed by atoms with Crippen molar-refractivity contribution in [2.75, 3.05) is 5.88 Å². The van der Waals surface area contributed by atoms with Gasteiger partial charge in [-0.3, -0.25) is 0 Å². The topological polar surface area (TPSA) is 36.0 Å². The monoisotopic (exact) mass is 353 g/mol. The van der Waals surface area contributed by atoms with Gasteiger partial charge in [-0.25, -0.2) is 0 Å². The van der Waals surface area contributed by atoms with Gasteiger partial charge in [-0.05, 0) is 41.5 Å². The zero-order valence-corrected chi connectivity index (χ0v) is 13.9. The lowest BCUT2D eigenvalue weighted by Crippen LogP contribution is -2.12. The number of hydrogen-bond acceptors (Lipinski definition) is 1. The summed E-state index contributed by atoms with van der Waals surface area (Å²) in [7, 11) is 0. The minimum absolute atomic E-state index is 0.188. The smallest absolute Gasteiger partial charge is 0.0716 e. The standard InChI is InChI=1S/C17H14Cl3NO/c18-9-13(22)8-15-14-7-12(20)5-6-16(14)21-17(15)10-1-3-11(19)4-2-10/h1-7,13,21-22H,8-9H2. The lowest BCUT2D eigenvalue weighted by molar-refractivity contribution is 0.199. The van der Waals surface area contributed by atoms with Crippen molar-refractivity contribution < 1.29 is 5.11 Å². The maximum absolute atomic E-state index is 9.97. The molecule has 0 bridgehead atoms. The summed E-state index contributed by atoms with van der Waals surface area (Å²) in [6.45, 7) is 0. The van der Waals surface area contributed by atoms with Gasteiger partial charge in [-0.1, -0.05) is 35.3 Å². The van der Waals surface area contributed by atoms with Crippen LogP contribution >= 0.6 is 34.8 Å². The summed E-state index contributed by atoms with van der Waals surface area (Å²) in [4.78, 5) is 3.40. The Hall–Kier alpha value is -1.19. The number of aliphatic hydroxyl groups is 1. The highest BCUT2D eigenvalue weighted by Crippen LogP contribution is 2.33. The molecule has 3 rings (SSSR count). The maximum atomic E-state index is 9.97. The summed E-state index contributed by atoms with van der Waals surface area (Å²) in [6, 6.07) is 13.3. The van der Waals surface area contributed by atoms with Crippen LogP contribution in [0.25, 0.3) is 22.2 Å². The number of rotatable bonds is 4. The SMILES string of the molecule is OC(CCl)Cc1c(-c2ccc(Cl)cc2)[nH]c2ccc(Cl)cc12. The minimum Gasteiger partial charge on any atom is -0.392 e. The molecule has 1 aromatic heterocycles. The number of aromatic nitrogens is 1. The maximum Gasteiger partial charge on any atom is 0.0716 e. The van der Waals surface area contributed by atoms with Crippen molar-refractivity contribution in [3.05, 3.63) is 58.1 Å². The van der Waals surface area contributed by atoms with Crippen LogP contribution in [0.3, 0.4) is 0 Å². The van der Waals surface area contributed by atoms with Crippen LogP contribution < -0.4 is 0 Å². The third-order valence-corrected chi connectivity index (χ3v) is 4.46. The lowest BCUT2D eigenvalue weighted by Gasteiger charge is -2.09. The molecule has 1 atom stereocenters. The van der Waals surface area contributed by atoms with E-state index in [9.17, 15) is 5.11 Å². The first-order valence-electron chi connectivity index (χ1n) is 6.88. The van der Waals surface area contributed by atoms with Crippen molar-refractivity contribution in [3.63, 3.8) is 0 Å². The molecular weight excluding hydrogens is 341 g/mol. The fourth-order valence-electron chi connectivity index (χ4n) is 2.59. The van der Waals surface area contributed by atoms with E-state index in [4.69, 9.17) is 34.8 Å². The summed E-state index contributed by atoms with van der Waals surface area (Å²) in [5.41, 5.74) is 3.95. The van der Waals surface area contributed by atoms with Gasteiger partial charge in [0.2, 0.25) is 0 Å². The number of benzene rings is 2. The van der Waals surface area contributed by atoms with Crippen LogP contribution in [-0.4, -0.2) is 22.1 Å². The van der Waals surface area contributed by atoms with Gasteiger partial charge >= 0.3 is 0 Å². The number of fused-ring (bicyclic) bond motifs is 1. The summed E-state index contributed by atoms with van der Waals surface area (Å²) in [5.74, 6) is 0.188. The third-order valence-electron chi connectivity index (χ3n) is 3.62. The molecule has 0 aliphatic rings. The third kappa shape index (κ3) is 3.11. The molecule has 22 heavy (non-hydrogen) atoms. The molecular formula is C17H14Cl3NO. The molecule has 1 heterocycles. The molecule has 0 fully saturated rings. The van der Waals surface area contributed by atoms with Crippen molar-refractivity contribution >= 4 is 45.7 Å². The fraction of sp³-hybridized carbons (Fsp3) is 0.176. The highest BCUT2D eigenvalue weighted by atomic mass is 35.5. The molecule has 0 saturated heterocycles. The summed E-state index contributed by atoms with van der Waals surface area (Å²) >= 11 is 17.8. The first kappa shape index (κ1) is 15.7. The second kappa shape index (κ2) is 6.51. The largest absolute Gasteiger partial charge is 0.392 e. The van der Waals surface area contributed by atoms with Gasteiger partial charge in [0.25, 0.3) is 0 Å². The number of alkyl halides is 1. The number of nitrogens with one attached hydrogen (secondary N) is 1. The second-order valence-corrected chi connectivity index (χ2v) is 6.37. The van der Waals surface area contributed by atoms with Crippen molar-refractivity contribution in [1.82, 2.24) is 4.98 Å². The average molecular weight is 355 g/mol. The van der Waals surface area contributed by atoms with E-state index in [0.29, 0.717) is 16.5 Å². The van der Waals surface area contributed by atoms with E-state index in [2.05, 4.69) is 4.98 Å². The summed E-state index contributed by atoms with van der Waals surface area (Å²) < 4.78 is 0. The Morgan fingerprint density at radius 3 is 2.36 bits per heavy atom. The highest BCUT2D eigenvalue weighted by molar-refractivity contribution is 6.31. The molecule has 5 heteroatoms. The van der Waals surface area contributed by atoms with E-state index in [1.165, 1.54) is 0 Å². The van der Waals surface area contributed by atoms with Gasteiger partial charge in [0.15, 0.2) is 0 Å². The average Bonchev–Trinajstić information content (AvgIpc) is 2.86. The van der Waals surface area contributed by atoms with Gasteiger partial charge < -0.3 is 10.1 Å². The molecule has 0 radical (unpaired) electrons. The van der Waals surface area contributed by atoms with Crippen LogP contribution in [0, 0.1) is 0 Å². The van der Waals surface area contributed by atoms with Gasteiger partial charge in [0, 0.05) is 38.9 Å². The fourth-order valence-corrected chi connectivity index (χ4v) is 2.99. The zero-order valence-electron chi connectivity index (χ0n) is 11.6. The Bertz CT molecular complexity index is 796. The van der Waals surface area contributed by atoms with Gasteiger partial charge in [-0.2, -0.15) is 0 Å². The molecule has 114 valence electrons. The lowest BCUT2D eigenvalue weighted by atomic mass is 10.0. The number of halogens is 3. The van der Waals surface area contributed by atoms with E-state index < -0.39 is 6.10 Å². The molecule has 0 saturated carbocycles. The van der Waals surface area contributed by atoms with E-state index in [0.717, 1.165) is 27.7 Å². The van der Waals surface area contributed by atoms with E-state index in [-0.39, 0.29) is 5.88 Å². The molecule has 2 N–H and O–H groups in total. The van der Waals surface area contributed by atoms with Crippen LogP contribution in [0.2, 0.25) is 10.0 Å². The van der Waals surface area contributed by atoms with Gasteiger partial charge in [-0.15, -0.1) is 11.6 Å². The van der Waals surface area contributed by atoms with Crippen LogP contribution in [0.15, 0.2) is 42.5 Å². The van der Waals surface area contributed by atoms with Crippen LogP contribution in [0.5, 0.6) is 0 Å². The van der Waals surface area contributed by atoms with Gasteiger partial charge in [0.05, 0.1) is 6.10 Å². The first-order valence-corrected chi connectivity index (χ1v) is 8.17. The summed E-state index contributed by atoms with van der Waals surface area (Å²) in [6.07, 6.45) is -0.146. The summed E-state index contributed by atoms with van der Waals surface area (Å²) in [5, 5.41) is 12.3. The number of hydrogen-bond donors (Lipinski definition) is 2. The Labute approximate surface area is 143 Å². The molecule has 0 aliphatic carbocycles. The molecule has 2 aromatic carbocycles. The van der Waals surface area contributed by atoms with Crippen molar-refractivity contribution in [2.24, 2.45) is 0 Å². The molecule has 1 unspecified atom stereocenters. The van der Waals surface area contributed by atoms with E-state index in [1.807, 2.05) is 42.5 Å².